The Hall–Kier alpha value is -2.94. The van der Waals surface area contributed by atoms with Crippen LogP contribution in [0.4, 0.5) is 0 Å². The number of methoxy groups -OCH3 is 1. The molecule has 2 aliphatic rings. The number of aliphatic hydroxyl groups is 2. The summed E-state index contributed by atoms with van der Waals surface area (Å²) >= 11 is 3.46. The maximum atomic E-state index is 13.2. The number of nitrogens with zero attached hydrogens (tertiary/aromatic N) is 1. The Morgan fingerprint density at radius 3 is 2.48 bits per heavy atom. The normalized spacial score (nSPS) is 29.7. The number of pyridine rings is 1. The van der Waals surface area contributed by atoms with E-state index in [-0.39, 0.29) is 11.3 Å². The van der Waals surface area contributed by atoms with Crippen LogP contribution in [-0.2, 0) is 16.0 Å². The molecule has 7 nitrogen and oxygen atoms in total. The van der Waals surface area contributed by atoms with Gasteiger partial charge in [-0.25, -0.2) is 0 Å². The number of ether oxygens (including phenoxy) is 2. The highest BCUT2D eigenvalue weighted by Crippen LogP contribution is 2.69. The topological polar surface area (TPSA) is 101 Å². The quantitative estimate of drug-likeness (QED) is 0.498. The molecule has 1 aromatic heterocycles. The molecule has 0 saturated heterocycles. The van der Waals surface area contributed by atoms with Gasteiger partial charge in [-0.3, -0.25) is 9.78 Å². The lowest BCUT2D eigenvalue weighted by atomic mass is 9.70. The van der Waals surface area contributed by atoms with E-state index >= 15 is 0 Å². The predicted molar refractivity (Wildman–Crippen MR) is 124 cm³/mol. The summed E-state index contributed by atoms with van der Waals surface area (Å²) in [4.78, 5) is 17.4. The summed E-state index contributed by atoms with van der Waals surface area (Å²) in [6.45, 7) is 0. The van der Waals surface area contributed by atoms with Gasteiger partial charge in [0.2, 0.25) is 5.91 Å². The monoisotopic (exact) mass is 510 g/mol. The maximum absolute atomic E-state index is 13.2. The van der Waals surface area contributed by atoms with Crippen LogP contribution in [0.5, 0.6) is 11.5 Å². The molecular formula is C25H23BrN2O5. The molecule has 8 heteroatoms. The van der Waals surface area contributed by atoms with Crippen molar-refractivity contribution in [2.75, 3.05) is 14.2 Å². The van der Waals surface area contributed by atoms with Crippen molar-refractivity contribution >= 4 is 21.8 Å². The van der Waals surface area contributed by atoms with Crippen LogP contribution in [0.1, 0.15) is 22.6 Å². The second kappa shape index (κ2) is 7.83. The number of aromatic nitrogens is 1. The van der Waals surface area contributed by atoms with Crippen molar-refractivity contribution in [3.8, 4) is 11.5 Å². The zero-order valence-electron chi connectivity index (χ0n) is 18.0. The summed E-state index contributed by atoms with van der Waals surface area (Å²) in [7, 11) is 2.98. The van der Waals surface area contributed by atoms with Crippen molar-refractivity contribution in [3.05, 3.63) is 88.2 Å². The molecule has 0 bridgehead atoms. The molecular weight excluding hydrogens is 488 g/mol. The highest BCUT2D eigenvalue weighted by atomic mass is 79.9. The molecule has 2 heterocycles. The fourth-order valence-corrected chi connectivity index (χ4v) is 5.82. The van der Waals surface area contributed by atoms with E-state index in [0.717, 1.165) is 10.0 Å². The molecule has 2 aromatic carbocycles. The van der Waals surface area contributed by atoms with Crippen molar-refractivity contribution in [1.29, 1.82) is 0 Å². The number of hydrogen-bond donors (Lipinski definition) is 3. The summed E-state index contributed by atoms with van der Waals surface area (Å²) in [5, 5.41) is 26.9. The Labute approximate surface area is 199 Å². The number of hydrogen-bond acceptors (Lipinski definition) is 6. The van der Waals surface area contributed by atoms with Crippen molar-refractivity contribution in [2.45, 2.75) is 23.2 Å². The van der Waals surface area contributed by atoms with Gasteiger partial charge in [0.05, 0.1) is 31.0 Å². The maximum Gasteiger partial charge on any atom is 0.226 e. The number of amides is 1. The van der Waals surface area contributed by atoms with Crippen LogP contribution in [-0.4, -0.2) is 41.4 Å². The average Bonchev–Trinajstić information content (AvgIpc) is 3.22. The first-order valence-electron chi connectivity index (χ1n) is 10.5. The SMILES string of the molecule is CNC(=O)[C@H]1[C@@H](O)[C@@]2(O)c3c(OC)cncc3O[C@@]2(c2ccc(Br)cc2)[C@@H]1c1ccccc1. The third kappa shape index (κ3) is 2.81. The fourth-order valence-electron chi connectivity index (χ4n) is 5.55. The first-order valence-corrected chi connectivity index (χ1v) is 11.3. The summed E-state index contributed by atoms with van der Waals surface area (Å²) in [6.07, 6.45) is 1.47. The molecule has 33 heavy (non-hydrogen) atoms. The average molecular weight is 511 g/mol. The summed E-state index contributed by atoms with van der Waals surface area (Å²) in [5.41, 5.74) is -1.87. The van der Waals surface area contributed by atoms with E-state index in [1.54, 1.807) is 0 Å². The number of aliphatic hydroxyl groups excluding tert-OH is 1. The van der Waals surface area contributed by atoms with Gasteiger partial charge in [0.25, 0.3) is 0 Å². The lowest BCUT2D eigenvalue weighted by Gasteiger charge is -2.40. The van der Waals surface area contributed by atoms with Crippen LogP contribution < -0.4 is 14.8 Å². The molecule has 0 spiro atoms. The minimum Gasteiger partial charge on any atom is -0.495 e. The van der Waals surface area contributed by atoms with Crippen molar-refractivity contribution < 1.29 is 24.5 Å². The largest absolute Gasteiger partial charge is 0.495 e. The third-order valence-electron chi connectivity index (χ3n) is 6.86. The number of carbonyl (C=O) groups excluding carboxylic acids is 1. The number of nitrogens with one attached hydrogen (secondary N) is 1. The first-order chi connectivity index (χ1) is 15.9. The van der Waals surface area contributed by atoms with Gasteiger partial charge in [-0.15, -0.1) is 0 Å². The van der Waals surface area contributed by atoms with E-state index in [4.69, 9.17) is 9.47 Å². The molecule has 170 valence electrons. The summed E-state index contributed by atoms with van der Waals surface area (Å²) < 4.78 is 13.0. The lowest BCUT2D eigenvalue weighted by Crippen LogP contribution is -2.52. The van der Waals surface area contributed by atoms with Crippen LogP contribution in [0.25, 0.3) is 0 Å². The minimum absolute atomic E-state index is 0.275. The summed E-state index contributed by atoms with van der Waals surface area (Å²) in [6, 6.07) is 16.7. The standard InChI is InChI=1S/C25H23BrN2O5/c1-27-23(30)19-20(14-6-4-3-5-7-14)25(15-8-10-16(26)11-9-15)24(31,22(19)29)21-17(32-2)12-28-13-18(21)33-25/h3-13,19-20,22,29,31H,1-2H3,(H,27,30)/t19-,20-,22-,24+,25+/m1/s1. The van der Waals surface area contributed by atoms with Gasteiger partial charge >= 0.3 is 0 Å². The van der Waals surface area contributed by atoms with Crippen molar-refractivity contribution in [2.24, 2.45) is 5.92 Å². The lowest BCUT2D eigenvalue weighted by molar-refractivity contribution is -0.154. The van der Waals surface area contributed by atoms with Gasteiger partial charge in [0.1, 0.15) is 17.6 Å². The molecule has 5 rings (SSSR count). The van der Waals surface area contributed by atoms with Gasteiger partial charge in [-0.05, 0) is 23.3 Å². The number of fused-ring (bicyclic) bond motifs is 3. The van der Waals surface area contributed by atoms with Gasteiger partial charge in [-0.1, -0.05) is 58.4 Å². The number of carbonyl (C=O) groups is 1. The predicted octanol–water partition coefficient (Wildman–Crippen LogP) is 2.85. The second-order valence-corrected chi connectivity index (χ2v) is 9.21. The zero-order valence-corrected chi connectivity index (χ0v) is 19.6. The van der Waals surface area contributed by atoms with Gasteiger partial charge < -0.3 is 25.0 Å². The third-order valence-corrected chi connectivity index (χ3v) is 7.39. The smallest absolute Gasteiger partial charge is 0.226 e. The van der Waals surface area contributed by atoms with E-state index in [1.807, 2.05) is 54.6 Å². The minimum atomic E-state index is -2.00. The second-order valence-electron chi connectivity index (χ2n) is 8.30. The van der Waals surface area contributed by atoms with E-state index in [0.29, 0.717) is 11.3 Å². The molecule has 0 unspecified atom stereocenters. The molecule has 3 aromatic rings. The Morgan fingerprint density at radius 1 is 1.15 bits per heavy atom. The van der Waals surface area contributed by atoms with Gasteiger partial charge in [0, 0.05) is 17.4 Å². The molecule has 5 atom stereocenters. The van der Waals surface area contributed by atoms with Crippen LogP contribution in [0.3, 0.4) is 0 Å². The molecule has 0 radical (unpaired) electrons. The Balaban J connectivity index is 1.89. The molecule has 1 amide bonds. The molecule has 1 aliphatic heterocycles. The van der Waals surface area contributed by atoms with E-state index in [1.165, 1.54) is 26.6 Å². The van der Waals surface area contributed by atoms with E-state index in [9.17, 15) is 15.0 Å². The molecule has 1 saturated carbocycles. The first kappa shape index (κ1) is 21.9. The number of benzene rings is 2. The molecule has 1 fully saturated rings. The highest BCUT2D eigenvalue weighted by molar-refractivity contribution is 9.10. The van der Waals surface area contributed by atoms with Crippen molar-refractivity contribution in [1.82, 2.24) is 10.3 Å². The van der Waals surface area contributed by atoms with E-state index < -0.39 is 35.0 Å². The van der Waals surface area contributed by atoms with Gasteiger partial charge in [-0.2, -0.15) is 0 Å². The Kier molecular flexibility index (Phi) is 5.19. The molecule has 1 aliphatic carbocycles. The van der Waals surface area contributed by atoms with Gasteiger partial charge in [0.15, 0.2) is 11.2 Å². The van der Waals surface area contributed by atoms with Crippen LogP contribution in [0, 0.1) is 5.92 Å². The summed E-state index contributed by atoms with van der Waals surface area (Å²) in [5.74, 6) is -1.55. The fraction of sp³-hybridized carbons (Fsp3) is 0.280. The zero-order chi connectivity index (χ0) is 23.4. The van der Waals surface area contributed by atoms with Crippen LogP contribution in [0.2, 0.25) is 0 Å². The van der Waals surface area contributed by atoms with E-state index in [2.05, 4.69) is 26.2 Å². The number of rotatable bonds is 4. The van der Waals surface area contributed by atoms with Crippen LogP contribution in [0.15, 0.2) is 71.5 Å². The Morgan fingerprint density at radius 2 is 1.85 bits per heavy atom. The number of halogens is 1. The van der Waals surface area contributed by atoms with Crippen molar-refractivity contribution in [3.63, 3.8) is 0 Å². The molecule has 3 N–H and O–H groups in total. The Bertz CT molecular complexity index is 1210. The van der Waals surface area contributed by atoms with Crippen LogP contribution >= 0.6 is 15.9 Å². The highest BCUT2D eigenvalue weighted by Gasteiger charge is 2.78.